The lowest BCUT2D eigenvalue weighted by Gasteiger charge is -2.16. The summed E-state index contributed by atoms with van der Waals surface area (Å²) >= 11 is 6.72. The van der Waals surface area contributed by atoms with Crippen LogP contribution in [0.15, 0.2) is 22.7 Å². The first-order chi connectivity index (χ1) is 8.09. The Labute approximate surface area is 116 Å². The summed E-state index contributed by atoms with van der Waals surface area (Å²) in [6.45, 7) is 0. The van der Waals surface area contributed by atoms with E-state index < -0.39 is 5.82 Å². The molecule has 0 saturated heterocycles. The van der Waals surface area contributed by atoms with Gasteiger partial charge < -0.3 is 5.32 Å². The number of carbonyl (C=O) groups excluding carboxylic acids is 1. The summed E-state index contributed by atoms with van der Waals surface area (Å²) in [5.74, 6) is -0.854. The molecule has 0 spiro atoms. The second-order valence-corrected chi connectivity index (χ2v) is 6.15. The molecule has 1 saturated carbocycles. The molecule has 1 fully saturated rings. The third-order valence-corrected chi connectivity index (χ3v) is 4.69. The first-order valence-corrected chi connectivity index (χ1v) is 7.19. The molecule has 2 nitrogen and oxygen atoms in total. The summed E-state index contributed by atoms with van der Waals surface area (Å²) in [5.41, 5.74) is 0.0825. The van der Waals surface area contributed by atoms with Gasteiger partial charge in [0.2, 0.25) is 0 Å². The average molecular weight is 365 g/mol. The topological polar surface area (TPSA) is 29.1 Å². The molecule has 17 heavy (non-hydrogen) atoms. The van der Waals surface area contributed by atoms with Gasteiger partial charge in [0.25, 0.3) is 5.91 Å². The standard InChI is InChI=1S/C12H12Br2FNO/c13-7-3-2-6-10(7)16-12(17)11-8(14)4-1-5-9(11)15/h1,4-5,7,10H,2-3,6H2,(H,16,17). The Hall–Kier alpha value is -0.420. The first-order valence-electron chi connectivity index (χ1n) is 5.48. The summed E-state index contributed by atoms with van der Waals surface area (Å²) in [6.07, 6.45) is 3.07. The largest absolute Gasteiger partial charge is 0.348 e. The lowest BCUT2D eigenvalue weighted by molar-refractivity contribution is 0.0934. The predicted molar refractivity (Wildman–Crippen MR) is 71.9 cm³/mol. The highest BCUT2D eigenvalue weighted by molar-refractivity contribution is 9.10. The quantitative estimate of drug-likeness (QED) is 0.797. The van der Waals surface area contributed by atoms with Crippen LogP contribution in [0.3, 0.4) is 0 Å². The number of amides is 1. The normalized spacial score (nSPS) is 23.7. The number of hydrogen-bond donors (Lipinski definition) is 1. The van der Waals surface area contributed by atoms with Gasteiger partial charge in [-0.2, -0.15) is 0 Å². The zero-order valence-corrected chi connectivity index (χ0v) is 12.2. The Balaban J connectivity index is 2.14. The highest BCUT2D eigenvalue weighted by Gasteiger charge is 2.27. The highest BCUT2D eigenvalue weighted by Crippen LogP contribution is 2.27. The molecule has 0 bridgehead atoms. The molecule has 2 rings (SSSR count). The molecule has 0 heterocycles. The fourth-order valence-electron chi connectivity index (χ4n) is 2.03. The van der Waals surface area contributed by atoms with Gasteiger partial charge in [-0.05, 0) is 40.9 Å². The summed E-state index contributed by atoms with van der Waals surface area (Å²) in [6, 6.07) is 4.62. The van der Waals surface area contributed by atoms with Crippen molar-refractivity contribution in [1.29, 1.82) is 0 Å². The van der Waals surface area contributed by atoms with Gasteiger partial charge >= 0.3 is 0 Å². The van der Waals surface area contributed by atoms with Gasteiger partial charge in [0.1, 0.15) is 5.82 Å². The van der Waals surface area contributed by atoms with E-state index >= 15 is 0 Å². The van der Waals surface area contributed by atoms with Gasteiger partial charge in [-0.3, -0.25) is 4.79 Å². The van der Waals surface area contributed by atoms with Crippen molar-refractivity contribution in [2.75, 3.05) is 0 Å². The summed E-state index contributed by atoms with van der Waals surface area (Å²) in [4.78, 5) is 12.3. The lowest BCUT2D eigenvalue weighted by Crippen LogP contribution is -2.38. The van der Waals surface area contributed by atoms with Crippen molar-refractivity contribution in [3.63, 3.8) is 0 Å². The van der Waals surface area contributed by atoms with Crippen LogP contribution >= 0.6 is 31.9 Å². The van der Waals surface area contributed by atoms with Crippen LogP contribution in [0, 0.1) is 5.82 Å². The summed E-state index contributed by atoms with van der Waals surface area (Å²) < 4.78 is 14.1. The van der Waals surface area contributed by atoms with Crippen molar-refractivity contribution >= 4 is 37.8 Å². The van der Waals surface area contributed by atoms with Crippen molar-refractivity contribution in [2.45, 2.75) is 30.1 Å². The van der Waals surface area contributed by atoms with Gasteiger partial charge in [-0.1, -0.05) is 28.4 Å². The Morgan fingerprint density at radius 2 is 2.18 bits per heavy atom. The van der Waals surface area contributed by atoms with E-state index in [1.165, 1.54) is 6.07 Å². The van der Waals surface area contributed by atoms with Crippen LogP contribution < -0.4 is 5.32 Å². The Bertz CT molecular complexity index is 418. The van der Waals surface area contributed by atoms with Crippen molar-refractivity contribution in [3.05, 3.63) is 34.1 Å². The Morgan fingerprint density at radius 3 is 2.76 bits per heavy atom. The van der Waals surface area contributed by atoms with E-state index in [0.29, 0.717) is 4.47 Å². The second kappa shape index (κ2) is 5.48. The summed E-state index contributed by atoms with van der Waals surface area (Å²) in [7, 11) is 0. The molecule has 92 valence electrons. The zero-order valence-electron chi connectivity index (χ0n) is 9.05. The third kappa shape index (κ3) is 2.88. The molecule has 1 aliphatic rings. The molecular weight excluding hydrogens is 353 g/mol. The fraction of sp³-hybridized carbons (Fsp3) is 0.417. The van der Waals surface area contributed by atoms with Gasteiger partial charge in [0.05, 0.1) is 5.56 Å². The van der Waals surface area contributed by atoms with E-state index in [9.17, 15) is 9.18 Å². The Kier molecular flexibility index (Phi) is 4.20. The maximum atomic E-state index is 13.6. The van der Waals surface area contributed by atoms with E-state index in [0.717, 1.165) is 19.3 Å². The number of hydrogen-bond acceptors (Lipinski definition) is 1. The van der Waals surface area contributed by atoms with E-state index in [-0.39, 0.29) is 22.3 Å². The lowest BCUT2D eigenvalue weighted by atomic mass is 10.1. The van der Waals surface area contributed by atoms with Crippen LogP contribution in [0.25, 0.3) is 0 Å². The van der Waals surface area contributed by atoms with Crippen LogP contribution in [0.2, 0.25) is 0 Å². The Morgan fingerprint density at radius 1 is 1.41 bits per heavy atom. The summed E-state index contributed by atoms with van der Waals surface area (Å²) in [5, 5.41) is 2.87. The molecule has 0 aromatic heterocycles. The van der Waals surface area contributed by atoms with Crippen molar-refractivity contribution in [2.24, 2.45) is 0 Å². The smallest absolute Gasteiger partial charge is 0.255 e. The molecule has 5 heteroatoms. The maximum absolute atomic E-state index is 13.6. The molecular formula is C12H12Br2FNO. The van der Waals surface area contributed by atoms with Crippen molar-refractivity contribution in [1.82, 2.24) is 5.32 Å². The number of halogens is 3. The molecule has 1 amide bonds. The minimum Gasteiger partial charge on any atom is -0.348 e. The monoisotopic (exact) mass is 363 g/mol. The van der Waals surface area contributed by atoms with E-state index in [1.807, 2.05) is 0 Å². The van der Waals surface area contributed by atoms with Crippen molar-refractivity contribution in [3.8, 4) is 0 Å². The van der Waals surface area contributed by atoms with Gasteiger partial charge in [-0.15, -0.1) is 0 Å². The molecule has 0 radical (unpaired) electrons. The number of alkyl halides is 1. The van der Waals surface area contributed by atoms with Crippen molar-refractivity contribution < 1.29 is 9.18 Å². The molecule has 1 N–H and O–H groups in total. The minimum absolute atomic E-state index is 0.0825. The highest BCUT2D eigenvalue weighted by atomic mass is 79.9. The maximum Gasteiger partial charge on any atom is 0.255 e. The predicted octanol–water partition coefficient (Wildman–Crippen LogP) is 3.63. The number of benzene rings is 1. The van der Waals surface area contributed by atoms with Crippen LogP contribution in [0.1, 0.15) is 29.6 Å². The van der Waals surface area contributed by atoms with E-state index in [1.54, 1.807) is 12.1 Å². The van der Waals surface area contributed by atoms with Crippen LogP contribution in [-0.4, -0.2) is 16.8 Å². The SMILES string of the molecule is O=C(NC1CCCC1Br)c1c(F)cccc1Br. The number of carbonyl (C=O) groups is 1. The average Bonchev–Trinajstić information content (AvgIpc) is 2.64. The molecule has 1 aromatic rings. The molecule has 1 aliphatic carbocycles. The van der Waals surface area contributed by atoms with Crippen LogP contribution in [0.5, 0.6) is 0 Å². The van der Waals surface area contributed by atoms with Gasteiger partial charge in [0.15, 0.2) is 0 Å². The van der Waals surface area contributed by atoms with E-state index in [2.05, 4.69) is 37.2 Å². The minimum atomic E-state index is -0.499. The number of nitrogens with one attached hydrogen (secondary N) is 1. The van der Waals surface area contributed by atoms with Crippen LogP contribution in [0.4, 0.5) is 4.39 Å². The molecule has 2 unspecified atom stereocenters. The second-order valence-electron chi connectivity index (χ2n) is 4.12. The van der Waals surface area contributed by atoms with Gasteiger partial charge in [0, 0.05) is 15.3 Å². The molecule has 1 aromatic carbocycles. The van der Waals surface area contributed by atoms with Crippen LogP contribution in [-0.2, 0) is 0 Å². The molecule has 2 atom stereocenters. The number of rotatable bonds is 2. The molecule has 0 aliphatic heterocycles. The first kappa shape index (κ1) is 13.0. The third-order valence-electron chi connectivity index (χ3n) is 2.94. The van der Waals surface area contributed by atoms with Gasteiger partial charge in [-0.25, -0.2) is 4.39 Å². The fourth-order valence-corrected chi connectivity index (χ4v) is 3.27. The zero-order chi connectivity index (χ0) is 12.4. The van der Waals surface area contributed by atoms with E-state index in [4.69, 9.17) is 0 Å².